The second kappa shape index (κ2) is 12.8. The Morgan fingerprint density at radius 3 is 2.53 bits per heavy atom. The number of methoxy groups -OCH3 is 1. The molecule has 0 aromatic heterocycles. The Morgan fingerprint density at radius 2 is 1.90 bits per heavy atom. The molecule has 0 bridgehead atoms. The summed E-state index contributed by atoms with van der Waals surface area (Å²) in [7, 11) is -0.428. The van der Waals surface area contributed by atoms with Crippen LogP contribution in [0, 0.1) is 0 Å². The Hall–Kier alpha value is -1.76. The minimum atomic E-state index is -3.63. The van der Waals surface area contributed by atoms with E-state index in [0.717, 1.165) is 5.69 Å². The summed E-state index contributed by atoms with van der Waals surface area (Å²) in [6, 6.07) is 11.5. The zero-order valence-corrected chi connectivity index (χ0v) is 20.8. The van der Waals surface area contributed by atoms with Crippen LogP contribution in [0.1, 0.15) is 6.92 Å². The van der Waals surface area contributed by atoms with E-state index in [1.165, 1.54) is 12.1 Å². The molecule has 11 heteroatoms. The number of hydrogen-bond acceptors (Lipinski definition) is 5. The van der Waals surface area contributed by atoms with E-state index in [1.54, 1.807) is 38.4 Å². The maximum absolute atomic E-state index is 12.3. The van der Waals surface area contributed by atoms with Crippen molar-refractivity contribution in [3.63, 3.8) is 0 Å². The van der Waals surface area contributed by atoms with Crippen LogP contribution in [0.15, 0.2) is 52.4 Å². The Bertz CT molecular complexity index is 957. The van der Waals surface area contributed by atoms with E-state index in [2.05, 4.69) is 20.3 Å². The van der Waals surface area contributed by atoms with Crippen LogP contribution in [0.5, 0.6) is 11.5 Å². The predicted octanol–water partition coefficient (Wildman–Crippen LogP) is 3.33. The number of halogens is 2. The molecule has 166 valence electrons. The third kappa shape index (κ3) is 7.82. The molecule has 2 aromatic carbocycles. The van der Waals surface area contributed by atoms with Crippen LogP contribution < -0.4 is 24.8 Å². The van der Waals surface area contributed by atoms with Gasteiger partial charge in [0, 0.05) is 36.9 Å². The highest BCUT2D eigenvalue weighted by Crippen LogP contribution is 2.30. The lowest BCUT2D eigenvalue weighted by atomic mass is 10.2. The van der Waals surface area contributed by atoms with Crippen molar-refractivity contribution in [3.05, 3.63) is 47.5 Å². The highest BCUT2D eigenvalue weighted by atomic mass is 127. The third-order valence-electron chi connectivity index (χ3n) is 3.77. The number of hydrogen-bond donors (Lipinski definition) is 3. The average molecular weight is 569 g/mol. The summed E-state index contributed by atoms with van der Waals surface area (Å²) >= 11 is 5.85. The van der Waals surface area contributed by atoms with E-state index in [9.17, 15) is 8.42 Å². The molecule has 2 aromatic rings. The fraction of sp³-hybridized carbons (Fsp3) is 0.316. The van der Waals surface area contributed by atoms with Crippen molar-refractivity contribution in [1.29, 1.82) is 0 Å². The van der Waals surface area contributed by atoms with Gasteiger partial charge in [-0.05, 0) is 37.3 Å². The quantitative estimate of drug-likeness (QED) is 0.186. The molecule has 0 saturated carbocycles. The number of aliphatic imine (C=N–C) groups is 1. The van der Waals surface area contributed by atoms with Gasteiger partial charge in [0.15, 0.2) is 17.5 Å². The number of guanidine groups is 1. The molecule has 0 radical (unpaired) electrons. The third-order valence-corrected chi connectivity index (χ3v) is 5.46. The molecular formula is C19H26ClIN4O4S. The largest absolute Gasteiger partial charge is 0.493 e. The number of ether oxygens (including phenoxy) is 2. The smallest absolute Gasteiger partial charge is 0.240 e. The molecule has 8 nitrogen and oxygen atoms in total. The molecule has 0 unspecified atom stereocenters. The zero-order valence-electron chi connectivity index (χ0n) is 16.9. The highest BCUT2D eigenvalue weighted by molar-refractivity contribution is 14.0. The van der Waals surface area contributed by atoms with Crippen LogP contribution in [0.2, 0.25) is 5.02 Å². The fourth-order valence-corrected chi connectivity index (χ4v) is 3.75. The van der Waals surface area contributed by atoms with Gasteiger partial charge in [0.1, 0.15) is 0 Å². The Balaban J connectivity index is 0.00000450. The van der Waals surface area contributed by atoms with Gasteiger partial charge in [-0.25, -0.2) is 13.1 Å². The summed E-state index contributed by atoms with van der Waals surface area (Å²) in [5.74, 6) is 1.74. The van der Waals surface area contributed by atoms with Crippen molar-refractivity contribution in [1.82, 2.24) is 10.0 Å². The lowest BCUT2D eigenvalue weighted by Crippen LogP contribution is -2.37. The normalized spacial score (nSPS) is 11.4. The van der Waals surface area contributed by atoms with Gasteiger partial charge in [-0.3, -0.25) is 4.99 Å². The monoisotopic (exact) mass is 568 g/mol. The first-order valence-electron chi connectivity index (χ1n) is 8.93. The van der Waals surface area contributed by atoms with Gasteiger partial charge in [0.25, 0.3) is 0 Å². The summed E-state index contributed by atoms with van der Waals surface area (Å²) in [5, 5.41) is 6.53. The molecule has 0 fully saturated rings. The number of sulfonamides is 1. The first-order valence-corrected chi connectivity index (χ1v) is 10.8. The van der Waals surface area contributed by atoms with Crippen molar-refractivity contribution in [2.75, 3.05) is 39.2 Å². The molecule has 0 saturated heterocycles. The summed E-state index contributed by atoms with van der Waals surface area (Å²) in [4.78, 5) is 4.25. The number of benzene rings is 2. The molecule has 0 aliphatic rings. The van der Waals surface area contributed by atoms with Crippen LogP contribution >= 0.6 is 35.6 Å². The fourth-order valence-electron chi connectivity index (χ4n) is 2.42. The Morgan fingerprint density at radius 1 is 1.13 bits per heavy atom. The first kappa shape index (κ1) is 26.3. The van der Waals surface area contributed by atoms with Crippen LogP contribution in [-0.4, -0.2) is 48.2 Å². The molecule has 0 amide bonds. The molecule has 2 rings (SSSR count). The van der Waals surface area contributed by atoms with Crippen molar-refractivity contribution < 1.29 is 17.9 Å². The number of nitrogens with zero attached hydrogens (tertiary/aromatic N) is 1. The molecule has 0 heterocycles. The molecule has 0 atom stereocenters. The number of anilines is 1. The highest BCUT2D eigenvalue weighted by Gasteiger charge is 2.13. The molecular weight excluding hydrogens is 543 g/mol. The van der Waals surface area contributed by atoms with Crippen molar-refractivity contribution in [2.24, 2.45) is 4.99 Å². The van der Waals surface area contributed by atoms with E-state index >= 15 is 0 Å². The minimum absolute atomic E-state index is 0. The summed E-state index contributed by atoms with van der Waals surface area (Å²) in [6.45, 7) is 2.90. The zero-order chi connectivity index (χ0) is 21.3. The van der Waals surface area contributed by atoms with E-state index in [1.807, 2.05) is 13.0 Å². The van der Waals surface area contributed by atoms with Crippen molar-refractivity contribution in [2.45, 2.75) is 11.8 Å². The van der Waals surface area contributed by atoms with Crippen LogP contribution in [0.25, 0.3) is 0 Å². The first-order chi connectivity index (χ1) is 13.9. The van der Waals surface area contributed by atoms with Gasteiger partial charge in [-0.2, -0.15) is 0 Å². The lowest BCUT2D eigenvalue weighted by Gasteiger charge is -2.15. The second-order valence-electron chi connectivity index (χ2n) is 5.78. The van der Waals surface area contributed by atoms with Gasteiger partial charge in [-0.1, -0.05) is 17.7 Å². The SMILES string of the molecule is CCOc1cc(NC(=NC)NCCNS(=O)(=O)c2cccc(Cl)c2)ccc1OC.I. The van der Waals surface area contributed by atoms with Crippen molar-refractivity contribution >= 4 is 57.2 Å². The van der Waals surface area contributed by atoms with Crippen LogP contribution in [0.3, 0.4) is 0 Å². The predicted molar refractivity (Wildman–Crippen MR) is 131 cm³/mol. The number of rotatable bonds is 9. The molecule has 0 aliphatic heterocycles. The number of nitrogens with one attached hydrogen (secondary N) is 3. The summed E-state index contributed by atoms with van der Waals surface area (Å²) < 4.78 is 37.9. The van der Waals surface area contributed by atoms with Gasteiger partial charge >= 0.3 is 0 Å². The van der Waals surface area contributed by atoms with Gasteiger partial charge in [-0.15, -0.1) is 24.0 Å². The van der Waals surface area contributed by atoms with E-state index < -0.39 is 10.0 Å². The molecule has 0 aliphatic carbocycles. The summed E-state index contributed by atoms with van der Waals surface area (Å²) in [6.07, 6.45) is 0. The minimum Gasteiger partial charge on any atom is -0.493 e. The second-order valence-corrected chi connectivity index (χ2v) is 7.98. The van der Waals surface area contributed by atoms with Crippen molar-refractivity contribution in [3.8, 4) is 11.5 Å². The van der Waals surface area contributed by atoms with Crippen LogP contribution in [-0.2, 0) is 10.0 Å². The molecule has 30 heavy (non-hydrogen) atoms. The topological polar surface area (TPSA) is 101 Å². The van der Waals surface area contributed by atoms with E-state index in [-0.39, 0.29) is 35.4 Å². The lowest BCUT2D eigenvalue weighted by molar-refractivity contribution is 0.311. The maximum atomic E-state index is 12.3. The standard InChI is InChI=1S/C19H25ClN4O4S.HI/c1-4-28-18-13-15(8-9-17(18)27-3)24-19(21-2)22-10-11-23-29(25,26)16-7-5-6-14(20)12-16;/h5-9,12-13,23H,4,10-11H2,1-3H3,(H2,21,22,24);1H. The molecule has 3 N–H and O–H groups in total. The average Bonchev–Trinajstić information content (AvgIpc) is 2.70. The van der Waals surface area contributed by atoms with Gasteiger partial charge in [0.2, 0.25) is 10.0 Å². The van der Waals surface area contributed by atoms with Gasteiger partial charge in [0.05, 0.1) is 18.6 Å². The van der Waals surface area contributed by atoms with Crippen LogP contribution in [0.4, 0.5) is 5.69 Å². The van der Waals surface area contributed by atoms with E-state index in [4.69, 9.17) is 21.1 Å². The summed E-state index contributed by atoms with van der Waals surface area (Å²) in [5.41, 5.74) is 0.752. The molecule has 0 spiro atoms. The van der Waals surface area contributed by atoms with E-state index in [0.29, 0.717) is 35.6 Å². The van der Waals surface area contributed by atoms with Gasteiger partial charge < -0.3 is 20.1 Å². The maximum Gasteiger partial charge on any atom is 0.240 e. The Kier molecular flexibility index (Phi) is 11.2. The Labute approximate surface area is 199 Å².